The number of hydrogen-bond acceptors (Lipinski definition) is 4. The fourth-order valence-corrected chi connectivity index (χ4v) is 15.7. The molecule has 8 aromatic rings. The molecular weight excluding hydrogens is 975 g/mol. The summed E-state index contributed by atoms with van der Waals surface area (Å²) in [4.78, 5) is 0. The summed E-state index contributed by atoms with van der Waals surface area (Å²) in [6, 6.07) is 85.0. The molecule has 7 heteroatoms. The van der Waals surface area contributed by atoms with Crippen LogP contribution >= 0.6 is 15.8 Å². The van der Waals surface area contributed by atoms with E-state index in [1.165, 1.54) is 44.5 Å². The standard InChI is InChI=1S/2C33H34O2P.Fe/c2*1-36-30(22-26-14-6-2-7-15-26)32(34-24-28-18-10-4-11-19-28)33(35-25-29-20-12-5-13-21-29)31(36)23-27-16-8-3-9-17-27;/h2*2-21,30-33H,1,22-25H2;/q2*-1;+2/t2*30-,31-,32-,33-;/m00./s1. The smallest absolute Gasteiger partial charge is 0.370 e. The third-order valence-corrected chi connectivity index (χ3v) is 19.5. The third-order valence-electron chi connectivity index (χ3n) is 14.2. The summed E-state index contributed by atoms with van der Waals surface area (Å²) in [6.45, 7) is 12.0. The SMILES string of the molecule is [CH2-]P1[C@@H](Cc2ccccc2)[C@H](OCc2ccccc2)[C@@H](OCc2ccccc2)[C@@H]1Cc1ccccc1.[CH2-]P1[C@@H](Cc2ccccc2)[C@H](OCc2ccccc2)[C@@H](OCc2ccccc2)[C@@H]1Cc1ccccc1.[Fe+2]. The van der Waals surface area contributed by atoms with E-state index in [1.807, 2.05) is 24.3 Å². The van der Waals surface area contributed by atoms with Crippen molar-refractivity contribution in [1.82, 2.24) is 0 Å². The molecule has 2 fully saturated rings. The molecule has 2 heterocycles. The largest absolute Gasteiger partial charge is 2.00 e. The van der Waals surface area contributed by atoms with Gasteiger partial charge in [-0.2, -0.15) is 0 Å². The van der Waals surface area contributed by atoms with Gasteiger partial charge in [-0.3, -0.25) is 15.8 Å². The Morgan fingerprint density at radius 2 is 0.397 bits per heavy atom. The van der Waals surface area contributed by atoms with E-state index in [0.29, 0.717) is 49.1 Å². The normalized spacial score (nSPS) is 21.7. The quantitative estimate of drug-likeness (QED) is 0.0433. The van der Waals surface area contributed by atoms with Gasteiger partial charge in [-0.25, -0.2) is 0 Å². The van der Waals surface area contributed by atoms with E-state index in [-0.39, 0.29) is 41.5 Å². The van der Waals surface area contributed by atoms with Gasteiger partial charge in [-0.1, -0.05) is 243 Å². The van der Waals surface area contributed by atoms with Gasteiger partial charge in [0.2, 0.25) is 0 Å². The van der Waals surface area contributed by atoms with Gasteiger partial charge in [0.05, 0.1) is 50.8 Å². The van der Waals surface area contributed by atoms with E-state index in [0.717, 1.165) is 25.7 Å². The minimum atomic E-state index is -0.579. The van der Waals surface area contributed by atoms with Gasteiger partial charge >= 0.3 is 17.1 Å². The Labute approximate surface area is 448 Å². The van der Waals surface area contributed by atoms with Crippen molar-refractivity contribution in [2.75, 3.05) is 0 Å². The van der Waals surface area contributed by atoms with Gasteiger partial charge in [0, 0.05) is 0 Å². The van der Waals surface area contributed by atoms with Gasteiger partial charge in [-0.15, -0.1) is 0 Å². The second-order valence-corrected chi connectivity index (χ2v) is 23.8. The van der Waals surface area contributed by atoms with Crippen molar-refractivity contribution in [1.29, 1.82) is 0 Å². The monoisotopic (exact) mass is 1040 g/mol. The van der Waals surface area contributed by atoms with Crippen LogP contribution in [0.1, 0.15) is 44.5 Å². The fourth-order valence-electron chi connectivity index (χ4n) is 10.4. The minimum Gasteiger partial charge on any atom is -0.370 e. The molecule has 2 saturated heterocycles. The van der Waals surface area contributed by atoms with Gasteiger partial charge < -0.3 is 32.3 Å². The fraction of sp³-hybridized carbons (Fsp3) is 0.242. The summed E-state index contributed by atoms with van der Waals surface area (Å²) in [5.74, 6) is 0. The van der Waals surface area contributed by atoms with Crippen molar-refractivity contribution in [3.05, 3.63) is 300 Å². The second kappa shape index (κ2) is 28.6. The Balaban J connectivity index is 0.000000192. The molecule has 0 aliphatic carbocycles. The number of rotatable bonds is 20. The summed E-state index contributed by atoms with van der Waals surface area (Å²) in [7, 11) is -1.16. The molecule has 8 aromatic carbocycles. The Morgan fingerprint density at radius 3 is 0.562 bits per heavy atom. The van der Waals surface area contributed by atoms with Crippen molar-refractivity contribution in [3.8, 4) is 0 Å². The number of hydrogen-bond donors (Lipinski definition) is 0. The number of ether oxygens (including phenoxy) is 4. The molecule has 2 aliphatic rings. The Morgan fingerprint density at radius 1 is 0.247 bits per heavy atom. The maximum absolute atomic E-state index is 6.76. The molecule has 0 amide bonds. The van der Waals surface area contributed by atoms with Crippen LogP contribution < -0.4 is 0 Å². The molecule has 10 rings (SSSR count). The van der Waals surface area contributed by atoms with Crippen molar-refractivity contribution >= 4 is 15.8 Å². The predicted octanol–water partition coefficient (Wildman–Crippen LogP) is 15.3. The van der Waals surface area contributed by atoms with E-state index < -0.39 is 15.8 Å². The van der Waals surface area contributed by atoms with Crippen molar-refractivity contribution in [2.45, 2.75) is 99.2 Å². The summed E-state index contributed by atoms with van der Waals surface area (Å²) < 4.78 is 27.1. The molecule has 73 heavy (non-hydrogen) atoms. The van der Waals surface area contributed by atoms with Crippen molar-refractivity contribution in [3.63, 3.8) is 0 Å². The first-order chi connectivity index (χ1) is 35.6. The third kappa shape index (κ3) is 15.5. The first kappa shape index (κ1) is 54.2. The van der Waals surface area contributed by atoms with Gasteiger partial charge in [0.1, 0.15) is 0 Å². The van der Waals surface area contributed by atoms with Crippen molar-refractivity contribution < 1.29 is 36.0 Å². The van der Waals surface area contributed by atoms with Gasteiger partial charge in [0.25, 0.3) is 0 Å². The van der Waals surface area contributed by atoms with Crippen LogP contribution in [0, 0.1) is 13.3 Å². The summed E-state index contributed by atoms with van der Waals surface area (Å²) in [5, 5.41) is 0. The Bertz CT molecular complexity index is 2340. The molecule has 4 nitrogen and oxygen atoms in total. The van der Waals surface area contributed by atoms with Crippen LogP contribution in [0.5, 0.6) is 0 Å². The zero-order chi connectivity index (χ0) is 49.2. The molecule has 0 aromatic heterocycles. The van der Waals surface area contributed by atoms with E-state index >= 15 is 0 Å². The molecule has 0 unspecified atom stereocenters. The summed E-state index contributed by atoms with van der Waals surface area (Å²) >= 11 is 0. The van der Waals surface area contributed by atoms with E-state index in [4.69, 9.17) is 32.3 Å². The van der Waals surface area contributed by atoms with Crippen LogP contribution in [-0.2, 0) is 88.1 Å². The Kier molecular flexibility index (Phi) is 21.2. The van der Waals surface area contributed by atoms with Gasteiger partial charge in [-0.05, 0) is 92.8 Å². The molecule has 0 bridgehead atoms. The van der Waals surface area contributed by atoms with Crippen LogP contribution in [0.25, 0.3) is 0 Å². The maximum Gasteiger partial charge on any atom is 2.00 e. The average molecular weight is 1040 g/mol. The predicted molar refractivity (Wildman–Crippen MR) is 300 cm³/mol. The van der Waals surface area contributed by atoms with Crippen molar-refractivity contribution in [2.24, 2.45) is 0 Å². The first-order valence-corrected chi connectivity index (χ1v) is 28.8. The van der Waals surface area contributed by atoms with E-state index in [1.54, 1.807) is 0 Å². The van der Waals surface area contributed by atoms with Crippen LogP contribution in [0.2, 0.25) is 0 Å². The topological polar surface area (TPSA) is 36.9 Å². The average Bonchev–Trinajstić information content (AvgIpc) is 3.83. The van der Waals surface area contributed by atoms with Crippen LogP contribution in [0.15, 0.2) is 243 Å². The first-order valence-electron chi connectivity index (χ1n) is 25.5. The molecule has 8 atom stereocenters. The molecule has 0 spiro atoms. The number of benzene rings is 8. The van der Waals surface area contributed by atoms with E-state index in [9.17, 15) is 0 Å². The molecular formula is C66H68FeO4P2. The second-order valence-electron chi connectivity index (χ2n) is 19.1. The van der Waals surface area contributed by atoms with Crippen LogP contribution in [0.3, 0.4) is 0 Å². The zero-order valence-electron chi connectivity index (χ0n) is 41.7. The molecule has 374 valence electrons. The van der Waals surface area contributed by atoms with E-state index in [2.05, 4.69) is 218 Å². The zero-order valence-corrected chi connectivity index (χ0v) is 44.6. The van der Waals surface area contributed by atoms with Gasteiger partial charge in [0.15, 0.2) is 0 Å². The summed E-state index contributed by atoms with van der Waals surface area (Å²) in [6.07, 6.45) is 3.83. The molecule has 2 aliphatic heterocycles. The molecule has 0 radical (unpaired) electrons. The molecule has 0 N–H and O–H groups in total. The van der Waals surface area contributed by atoms with Crippen LogP contribution in [0.4, 0.5) is 0 Å². The summed E-state index contributed by atoms with van der Waals surface area (Å²) in [5.41, 5.74) is 11.5. The Hall–Kier alpha value is -5.02. The van der Waals surface area contributed by atoms with Crippen LogP contribution in [-0.4, -0.2) is 47.1 Å². The minimum absolute atomic E-state index is 0. The molecule has 0 saturated carbocycles. The maximum atomic E-state index is 6.76.